The van der Waals surface area contributed by atoms with Gasteiger partial charge >= 0.3 is 0 Å². The Morgan fingerprint density at radius 1 is 1.45 bits per heavy atom. The van der Waals surface area contributed by atoms with Crippen molar-refractivity contribution >= 4 is 21.6 Å². The van der Waals surface area contributed by atoms with E-state index in [4.69, 9.17) is 5.73 Å². The zero-order valence-electron chi connectivity index (χ0n) is 12.6. The first-order valence-electron chi connectivity index (χ1n) is 7.51. The van der Waals surface area contributed by atoms with Crippen LogP contribution in [-0.2, 0) is 16.4 Å². The van der Waals surface area contributed by atoms with Crippen molar-refractivity contribution in [1.29, 1.82) is 0 Å². The zero-order valence-corrected chi connectivity index (χ0v) is 13.4. The fourth-order valence-electron chi connectivity index (χ4n) is 2.98. The number of hydrogen-bond donors (Lipinski definition) is 2. The van der Waals surface area contributed by atoms with Gasteiger partial charge in [0.25, 0.3) is 5.91 Å². The number of carbonyl (C=O) groups is 1. The average molecular weight is 323 g/mol. The quantitative estimate of drug-likeness (QED) is 0.824. The lowest BCUT2D eigenvalue weighted by molar-refractivity contribution is 0.0933. The van der Waals surface area contributed by atoms with Crippen LogP contribution in [0.5, 0.6) is 0 Å². The molecule has 3 N–H and O–H groups in total. The predicted octanol–water partition coefficient (Wildman–Crippen LogP) is 0.476. The summed E-state index contributed by atoms with van der Waals surface area (Å²) in [6, 6.07) is 5.22. The largest absolute Gasteiger partial charge is 0.348 e. The van der Waals surface area contributed by atoms with Crippen LogP contribution in [0.4, 0.5) is 5.69 Å². The second kappa shape index (κ2) is 5.55. The predicted molar refractivity (Wildman–Crippen MR) is 85.4 cm³/mol. The van der Waals surface area contributed by atoms with Crippen molar-refractivity contribution < 1.29 is 13.2 Å². The molecule has 1 atom stereocenters. The third kappa shape index (κ3) is 2.96. The second-order valence-electron chi connectivity index (χ2n) is 6.08. The summed E-state index contributed by atoms with van der Waals surface area (Å²) in [4.78, 5) is 12.3. The Morgan fingerprint density at radius 3 is 2.77 bits per heavy atom. The molecule has 0 aromatic heterocycles. The molecular weight excluding hydrogens is 302 g/mol. The Bertz CT molecular complexity index is 698. The lowest BCUT2D eigenvalue weighted by Gasteiger charge is -2.18. The van der Waals surface area contributed by atoms with E-state index in [0.29, 0.717) is 36.7 Å². The van der Waals surface area contributed by atoms with Crippen LogP contribution in [0.1, 0.15) is 28.8 Å². The van der Waals surface area contributed by atoms with Gasteiger partial charge in [-0.1, -0.05) is 0 Å². The fourth-order valence-corrected chi connectivity index (χ4v) is 3.94. The van der Waals surface area contributed by atoms with Gasteiger partial charge in [-0.2, -0.15) is 0 Å². The maximum Gasteiger partial charge on any atom is 0.251 e. The minimum atomic E-state index is -3.26. The van der Waals surface area contributed by atoms with Crippen LogP contribution in [-0.4, -0.2) is 39.7 Å². The van der Waals surface area contributed by atoms with E-state index in [9.17, 15) is 13.2 Å². The highest BCUT2D eigenvalue weighted by Gasteiger charge is 2.32. The molecule has 2 aliphatic rings. The summed E-state index contributed by atoms with van der Waals surface area (Å²) in [7, 11) is -3.26. The first kappa shape index (κ1) is 15.3. The molecule has 0 bridgehead atoms. The molecule has 0 saturated heterocycles. The maximum absolute atomic E-state index is 12.3. The zero-order chi connectivity index (χ0) is 15.9. The number of nitrogens with two attached hydrogens (primary N) is 1. The average Bonchev–Trinajstić information content (AvgIpc) is 3.21. The van der Waals surface area contributed by atoms with Crippen LogP contribution in [0.25, 0.3) is 0 Å². The molecule has 7 heteroatoms. The molecular formula is C15H21N3O3S. The van der Waals surface area contributed by atoms with Crippen LogP contribution in [0, 0.1) is 5.92 Å². The number of carbonyl (C=O) groups excluding carboxylic acids is 1. The van der Waals surface area contributed by atoms with E-state index < -0.39 is 10.0 Å². The standard InChI is InChI=1S/C15H21N3O3S/c1-22(20,21)18-7-6-11-8-12(4-5-14(11)18)15(19)17-13(9-16)10-2-3-10/h4-5,8,10,13H,2-3,6-7,9,16H2,1H3,(H,17,19). The van der Waals surface area contributed by atoms with Gasteiger partial charge in [-0.05, 0) is 48.9 Å². The van der Waals surface area contributed by atoms with Crippen LogP contribution in [0.2, 0.25) is 0 Å². The number of nitrogens with one attached hydrogen (secondary N) is 1. The number of benzene rings is 1. The number of nitrogens with zero attached hydrogens (tertiary/aromatic N) is 1. The topological polar surface area (TPSA) is 92.5 Å². The molecule has 1 aromatic carbocycles. The summed E-state index contributed by atoms with van der Waals surface area (Å²) in [6.07, 6.45) is 4.07. The van der Waals surface area contributed by atoms with E-state index in [1.807, 2.05) is 0 Å². The molecule has 0 spiro atoms. The molecule has 1 aliphatic carbocycles. The number of rotatable bonds is 5. The van der Waals surface area contributed by atoms with Gasteiger partial charge in [0.15, 0.2) is 0 Å². The fraction of sp³-hybridized carbons (Fsp3) is 0.533. The SMILES string of the molecule is CS(=O)(=O)N1CCc2cc(C(=O)NC(CN)C3CC3)ccc21. The highest BCUT2D eigenvalue weighted by Crippen LogP contribution is 2.33. The van der Waals surface area contributed by atoms with E-state index in [0.717, 1.165) is 18.4 Å². The van der Waals surface area contributed by atoms with Crippen molar-refractivity contribution in [1.82, 2.24) is 5.32 Å². The van der Waals surface area contributed by atoms with E-state index in [-0.39, 0.29) is 11.9 Å². The summed E-state index contributed by atoms with van der Waals surface area (Å²) in [5.74, 6) is 0.368. The number of anilines is 1. The number of amides is 1. The van der Waals surface area contributed by atoms with E-state index in [1.165, 1.54) is 10.6 Å². The molecule has 1 unspecified atom stereocenters. The van der Waals surface area contributed by atoms with E-state index >= 15 is 0 Å². The van der Waals surface area contributed by atoms with Crippen molar-refractivity contribution in [3.05, 3.63) is 29.3 Å². The number of fused-ring (bicyclic) bond motifs is 1. The third-order valence-electron chi connectivity index (χ3n) is 4.36. The van der Waals surface area contributed by atoms with Crippen LogP contribution in [0.15, 0.2) is 18.2 Å². The lowest BCUT2D eigenvalue weighted by Crippen LogP contribution is -2.41. The van der Waals surface area contributed by atoms with Gasteiger partial charge in [0.1, 0.15) is 0 Å². The van der Waals surface area contributed by atoms with Crippen molar-refractivity contribution in [2.45, 2.75) is 25.3 Å². The van der Waals surface area contributed by atoms with Crippen molar-refractivity contribution in [2.24, 2.45) is 11.7 Å². The molecule has 1 amide bonds. The summed E-state index contributed by atoms with van der Waals surface area (Å²) in [5.41, 5.74) is 7.85. The Balaban J connectivity index is 1.78. The molecule has 1 saturated carbocycles. The number of hydrogen-bond acceptors (Lipinski definition) is 4. The Morgan fingerprint density at radius 2 is 2.18 bits per heavy atom. The van der Waals surface area contributed by atoms with Crippen molar-refractivity contribution in [2.75, 3.05) is 23.7 Å². The summed E-state index contributed by atoms with van der Waals surface area (Å²) in [6.45, 7) is 0.885. The normalized spacial score (nSPS) is 18.9. The number of sulfonamides is 1. The molecule has 22 heavy (non-hydrogen) atoms. The third-order valence-corrected chi connectivity index (χ3v) is 5.54. The molecule has 0 radical (unpaired) electrons. The van der Waals surface area contributed by atoms with Crippen molar-refractivity contribution in [3.63, 3.8) is 0 Å². The minimum Gasteiger partial charge on any atom is -0.348 e. The minimum absolute atomic E-state index is 0.0354. The molecule has 1 fully saturated rings. The van der Waals surface area contributed by atoms with Gasteiger partial charge in [-0.15, -0.1) is 0 Å². The van der Waals surface area contributed by atoms with Crippen LogP contribution in [0.3, 0.4) is 0 Å². The summed E-state index contributed by atoms with van der Waals surface area (Å²) in [5, 5.41) is 2.98. The highest BCUT2D eigenvalue weighted by atomic mass is 32.2. The first-order valence-corrected chi connectivity index (χ1v) is 9.36. The van der Waals surface area contributed by atoms with Gasteiger partial charge in [0.2, 0.25) is 10.0 Å². The van der Waals surface area contributed by atoms with E-state index in [2.05, 4.69) is 5.32 Å². The maximum atomic E-state index is 12.3. The van der Waals surface area contributed by atoms with Gasteiger partial charge in [0, 0.05) is 24.7 Å². The van der Waals surface area contributed by atoms with Crippen molar-refractivity contribution in [3.8, 4) is 0 Å². The smallest absolute Gasteiger partial charge is 0.251 e. The summed E-state index contributed by atoms with van der Waals surface area (Å²) < 4.78 is 24.8. The first-order chi connectivity index (χ1) is 10.4. The molecule has 1 heterocycles. The van der Waals surface area contributed by atoms with Gasteiger partial charge in [-0.25, -0.2) is 8.42 Å². The molecule has 120 valence electrons. The molecule has 3 rings (SSSR count). The van der Waals surface area contributed by atoms with Gasteiger partial charge < -0.3 is 11.1 Å². The molecule has 1 aliphatic heterocycles. The second-order valence-corrected chi connectivity index (χ2v) is 7.99. The Kier molecular flexibility index (Phi) is 3.86. The lowest BCUT2D eigenvalue weighted by atomic mass is 10.1. The van der Waals surface area contributed by atoms with Crippen LogP contribution >= 0.6 is 0 Å². The summed E-state index contributed by atoms with van der Waals surface area (Å²) >= 11 is 0. The van der Waals surface area contributed by atoms with E-state index in [1.54, 1.807) is 18.2 Å². The molecule has 6 nitrogen and oxygen atoms in total. The van der Waals surface area contributed by atoms with Crippen LogP contribution < -0.4 is 15.4 Å². The molecule has 1 aromatic rings. The van der Waals surface area contributed by atoms with Gasteiger partial charge in [-0.3, -0.25) is 9.10 Å². The Labute approximate surface area is 130 Å². The Hall–Kier alpha value is -1.60. The highest BCUT2D eigenvalue weighted by molar-refractivity contribution is 7.92. The monoisotopic (exact) mass is 323 g/mol. The van der Waals surface area contributed by atoms with Gasteiger partial charge in [0.05, 0.1) is 11.9 Å².